The number of hydrogen-bond acceptors (Lipinski definition) is 4. The number of aryl methyl sites for hydroxylation is 1. The summed E-state index contributed by atoms with van der Waals surface area (Å²) in [6.07, 6.45) is 4.84. The summed E-state index contributed by atoms with van der Waals surface area (Å²) in [6, 6.07) is 0. The Morgan fingerprint density at radius 3 is 2.78 bits per heavy atom. The van der Waals surface area contributed by atoms with E-state index in [1.807, 2.05) is 20.9 Å². The van der Waals surface area contributed by atoms with Crippen molar-refractivity contribution in [2.45, 2.75) is 51.4 Å². The highest BCUT2D eigenvalue weighted by atomic mass is 16.5. The van der Waals surface area contributed by atoms with Crippen molar-refractivity contribution >= 4 is 5.97 Å². The molecule has 0 amide bonds. The molecule has 5 nitrogen and oxygen atoms in total. The Kier molecular flexibility index (Phi) is 3.99. The lowest BCUT2D eigenvalue weighted by molar-refractivity contribution is -0.144. The molecular weight excluding hydrogens is 230 g/mol. The summed E-state index contributed by atoms with van der Waals surface area (Å²) in [7, 11) is 1.84. The SMILES string of the molecule is CCOC(=O)C(C)c1nc(C2CCCC2)nn1C. The molecule has 1 aromatic rings. The number of aromatic nitrogens is 3. The second-order valence-electron chi connectivity index (χ2n) is 4.91. The van der Waals surface area contributed by atoms with Crippen molar-refractivity contribution in [3.05, 3.63) is 11.6 Å². The van der Waals surface area contributed by atoms with Gasteiger partial charge in [0.2, 0.25) is 0 Å². The minimum atomic E-state index is -0.349. The number of nitrogens with zero attached hydrogens (tertiary/aromatic N) is 3. The summed E-state index contributed by atoms with van der Waals surface area (Å²) < 4.78 is 6.75. The molecule has 1 saturated carbocycles. The van der Waals surface area contributed by atoms with E-state index in [1.54, 1.807) is 4.68 Å². The first kappa shape index (κ1) is 13.1. The molecule has 1 aliphatic carbocycles. The Labute approximate surface area is 108 Å². The van der Waals surface area contributed by atoms with Crippen LogP contribution in [0.15, 0.2) is 0 Å². The van der Waals surface area contributed by atoms with E-state index < -0.39 is 0 Å². The summed E-state index contributed by atoms with van der Waals surface area (Å²) >= 11 is 0. The Morgan fingerprint density at radius 1 is 1.50 bits per heavy atom. The molecule has 2 rings (SSSR count). The zero-order valence-corrected chi connectivity index (χ0v) is 11.3. The molecule has 0 saturated heterocycles. The van der Waals surface area contributed by atoms with Crippen molar-refractivity contribution in [3.63, 3.8) is 0 Å². The van der Waals surface area contributed by atoms with Crippen LogP contribution < -0.4 is 0 Å². The van der Waals surface area contributed by atoms with E-state index >= 15 is 0 Å². The standard InChI is InChI=1S/C13H21N3O2/c1-4-18-13(17)9(2)12-14-11(15-16(12)3)10-7-5-6-8-10/h9-10H,4-8H2,1-3H3. The molecule has 18 heavy (non-hydrogen) atoms. The van der Waals surface area contributed by atoms with Crippen LogP contribution in [0.5, 0.6) is 0 Å². The summed E-state index contributed by atoms with van der Waals surface area (Å²) in [5.41, 5.74) is 0. The number of carbonyl (C=O) groups is 1. The van der Waals surface area contributed by atoms with Gasteiger partial charge in [0, 0.05) is 13.0 Å². The van der Waals surface area contributed by atoms with Gasteiger partial charge < -0.3 is 4.74 Å². The number of rotatable bonds is 4. The third-order valence-corrected chi connectivity index (χ3v) is 3.56. The van der Waals surface area contributed by atoms with Crippen LogP contribution in [0, 0.1) is 0 Å². The van der Waals surface area contributed by atoms with Crippen LogP contribution in [0.25, 0.3) is 0 Å². The van der Waals surface area contributed by atoms with Crippen LogP contribution in [0.4, 0.5) is 0 Å². The van der Waals surface area contributed by atoms with Crippen LogP contribution in [-0.2, 0) is 16.6 Å². The largest absolute Gasteiger partial charge is 0.465 e. The number of esters is 1. The van der Waals surface area contributed by atoms with Gasteiger partial charge in [-0.15, -0.1) is 0 Å². The first-order valence-corrected chi connectivity index (χ1v) is 6.71. The monoisotopic (exact) mass is 251 g/mol. The molecule has 1 aromatic heterocycles. The first-order chi connectivity index (χ1) is 8.63. The van der Waals surface area contributed by atoms with Crippen LogP contribution in [-0.4, -0.2) is 27.3 Å². The van der Waals surface area contributed by atoms with Crippen molar-refractivity contribution in [3.8, 4) is 0 Å². The van der Waals surface area contributed by atoms with E-state index in [-0.39, 0.29) is 11.9 Å². The number of carbonyl (C=O) groups excluding carboxylic acids is 1. The van der Waals surface area contributed by atoms with Gasteiger partial charge >= 0.3 is 5.97 Å². The lowest BCUT2D eigenvalue weighted by atomic mass is 10.1. The minimum absolute atomic E-state index is 0.231. The van der Waals surface area contributed by atoms with Crippen LogP contribution in [0.1, 0.15) is 63.0 Å². The smallest absolute Gasteiger partial charge is 0.316 e. The summed E-state index contributed by atoms with van der Waals surface area (Å²) in [4.78, 5) is 16.3. The summed E-state index contributed by atoms with van der Waals surface area (Å²) in [5, 5.41) is 4.45. The predicted octanol–water partition coefficient (Wildman–Crippen LogP) is 2.14. The van der Waals surface area contributed by atoms with Gasteiger partial charge in [-0.2, -0.15) is 5.10 Å². The van der Waals surface area contributed by atoms with Gasteiger partial charge in [-0.25, -0.2) is 4.98 Å². The quantitative estimate of drug-likeness (QED) is 0.769. The second kappa shape index (κ2) is 5.50. The molecule has 1 atom stereocenters. The minimum Gasteiger partial charge on any atom is -0.465 e. The molecule has 1 aliphatic rings. The molecule has 0 aliphatic heterocycles. The molecule has 100 valence electrons. The van der Waals surface area contributed by atoms with Crippen LogP contribution >= 0.6 is 0 Å². The summed E-state index contributed by atoms with van der Waals surface area (Å²) in [6.45, 7) is 4.03. The van der Waals surface area contributed by atoms with Gasteiger partial charge in [0.05, 0.1) is 6.61 Å². The Bertz CT molecular complexity index is 422. The first-order valence-electron chi connectivity index (χ1n) is 6.71. The lowest BCUT2D eigenvalue weighted by Crippen LogP contribution is -2.16. The van der Waals surface area contributed by atoms with Crippen LogP contribution in [0.3, 0.4) is 0 Å². The van der Waals surface area contributed by atoms with E-state index in [2.05, 4.69) is 10.1 Å². The van der Waals surface area contributed by atoms with Crippen molar-refractivity contribution in [1.82, 2.24) is 14.8 Å². The fourth-order valence-electron chi connectivity index (χ4n) is 2.52. The zero-order chi connectivity index (χ0) is 13.1. The zero-order valence-electron chi connectivity index (χ0n) is 11.3. The van der Waals surface area contributed by atoms with Gasteiger partial charge in [-0.1, -0.05) is 12.8 Å². The predicted molar refractivity (Wildman–Crippen MR) is 67.3 cm³/mol. The van der Waals surface area contributed by atoms with Gasteiger partial charge in [0.1, 0.15) is 11.7 Å². The highest BCUT2D eigenvalue weighted by molar-refractivity contribution is 5.76. The topological polar surface area (TPSA) is 57.0 Å². The fraction of sp³-hybridized carbons (Fsp3) is 0.769. The maximum Gasteiger partial charge on any atom is 0.316 e. The fourth-order valence-corrected chi connectivity index (χ4v) is 2.52. The van der Waals surface area contributed by atoms with Gasteiger partial charge in [-0.3, -0.25) is 9.48 Å². The molecular formula is C13H21N3O2. The lowest BCUT2D eigenvalue weighted by Gasteiger charge is -2.08. The second-order valence-corrected chi connectivity index (χ2v) is 4.91. The van der Waals surface area contributed by atoms with Gasteiger partial charge in [0.15, 0.2) is 5.82 Å². The Balaban J connectivity index is 2.15. The average molecular weight is 251 g/mol. The Morgan fingerprint density at radius 2 is 2.17 bits per heavy atom. The maximum atomic E-state index is 11.7. The summed E-state index contributed by atoms with van der Waals surface area (Å²) in [5.74, 6) is 1.49. The molecule has 1 unspecified atom stereocenters. The van der Waals surface area contributed by atoms with E-state index in [0.717, 1.165) is 18.7 Å². The highest BCUT2D eigenvalue weighted by Crippen LogP contribution is 2.32. The van der Waals surface area contributed by atoms with Crippen LogP contribution in [0.2, 0.25) is 0 Å². The van der Waals surface area contributed by atoms with Crippen molar-refractivity contribution < 1.29 is 9.53 Å². The number of hydrogen-bond donors (Lipinski definition) is 0. The van der Waals surface area contributed by atoms with Gasteiger partial charge in [-0.05, 0) is 26.7 Å². The molecule has 1 fully saturated rings. The number of ether oxygens (including phenoxy) is 1. The van der Waals surface area contributed by atoms with E-state index in [4.69, 9.17) is 4.74 Å². The average Bonchev–Trinajstić information content (AvgIpc) is 2.97. The molecule has 0 radical (unpaired) electrons. The molecule has 0 aromatic carbocycles. The Hall–Kier alpha value is -1.39. The van der Waals surface area contributed by atoms with Crippen molar-refractivity contribution in [1.29, 1.82) is 0 Å². The van der Waals surface area contributed by atoms with E-state index in [0.29, 0.717) is 18.3 Å². The molecule has 0 spiro atoms. The molecule has 1 heterocycles. The molecule has 0 bridgehead atoms. The molecule has 5 heteroatoms. The van der Waals surface area contributed by atoms with Gasteiger partial charge in [0.25, 0.3) is 0 Å². The van der Waals surface area contributed by atoms with Crippen molar-refractivity contribution in [2.24, 2.45) is 7.05 Å². The molecule has 0 N–H and O–H groups in total. The normalized spacial score (nSPS) is 17.9. The van der Waals surface area contributed by atoms with E-state index in [9.17, 15) is 4.79 Å². The third kappa shape index (κ3) is 2.54. The van der Waals surface area contributed by atoms with Crippen molar-refractivity contribution in [2.75, 3.05) is 6.61 Å². The maximum absolute atomic E-state index is 11.7. The van der Waals surface area contributed by atoms with E-state index in [1.165, 1.54) is 12.8 Å². The highest BCUT2D eigenvalue weighted by Gasteiger charge is 2.26. The third-order valence-electron chi connectivity index (χ3n) is 3.56.